The van der Waals surface area contributed by atoms with Crippen molar-refractivity contribution in [3.05, 3.63) is 72.9 Å². The number of unbranched alkanes of at least 4 members (excludes halogenated alkanes) is 34. The average molecular weight is 1110 g/mol. The molecule has 78 heavy (non-hydrogen) atoms. The minimum absolute atomic E-state index is 0.0322. The van der Waals surface area contributed by atoms with Crippen LogP contribution in [-0.4, -0.2) is 70.0 Å². The van der Waals surface area contributed by atoms with E-state index in [0.29, 0.717) is 17.4 Å². The van der Waals surface area contributed by atoms with Crippen LogP contribution in [0.5, 0.6) is 0 Å². The zero-order valence-electron chi connectivity index (χ0n) is 51.6. The van der Waals surface area contributed by atoms with E-state index in [9.17, 15) is 19.0 Å². The molecule has 0 fully saturated rings. The van der Waals surface area contributed by atoms with Crippen molar-refractivity contribution in [3.63, 3.8) is 0 Å². The Morgan fingerprint density at radius 2 is 0.731 bits per heavy atom. The summed E-state index contributed by atoms with van der Waals surface area (Å²) in [5.41, 5.74) is 0. The van der Waals surface area contributed by atoms with Crippen LogP contribution in [0.3, 0.4) is 0 Å². The summed E-state index contributed by atoms with van der Waals surface area (Å²) >= 11 is 0. The van der Waals surface area contributed by atoms with Gasteiger partial charge >= 0.3 is 11.9 Å². The van der Waals surface area contributed by atoms with E-state index in [1.807, 2.05) is 21.1 Å². The first kappa shape index (κ1) is 75.5. The summed E-state index contributed by atoms with van der Waals surface area (Å²) < 4.78 is 34.3. The monoisotopic (exact) mass is 1110 g/mol. The lowest BCUT2D eigenvalue weighted by molar-refractivity contribution is -0.870. The SMILES string of the molecule is CC/C=C\C/C=C\C/C=C\C/C=C\CCCCCCCCCCCCCCC(=O)OC(COC(=O)CCCCCCCCCCCCCCCCCCC/C=C\C/C=C\CCCCCCC)COP(=O)([O-])OCC[N+](C)(C)C. The Morgan fingerprint density at radius 3 is 1.09 bits per heavy atom. The minimum atomic E-state index is -4.64. The maximum atomic E-state index is 12.8. The summed E-state index contributed by atoms with van der Waals surface area (Å²) in [4.78, 5) is 38.0. The summed E-state index contributed by atoms with van der Waals surface area (Å²) in [6, 6.07) is 0. The Balaban J connectivity index is 4.07. The van der Waals surface area contributed by atoms with E-state index in [4.69, 9.17) is 18.5 Å². The van der Waals surface area contributed by atoms with Gasteiger partial charge < -0.3 is 27.9 Å². The molecule has 0 amide bonds. The van der Waals surface area contributed by atoms with Crippen molar-refractivity contribution in [2.75, 3.05) is 47.5 Å². The van der Waals surface area contributed by atoms with Gasteiger partial charge in [-0.1, -0.05) is 273 Å². The van der Waals surface area contributed by atoms with Crippen molar-refractivity contribution >= 4 is 19.8 Å². The molecule has 0 aromatic carbocycles. The molecule has 0 spiro atoms. The van der Waals surface area contributed by atoms with Gasteiger partial charge in [-0.25, -0.2) is 0 Å². The van der Waals surface area contributed by atoms with Gasteiger partial charge in [0.1, 0.15) is 19.8 Å². The van der Waals surface area contributed by atoms with E-state index in [-0.39, 0.29) is 32.0 Å². The number of esters is 2. The van der Waals surface area contributed by atoms with Crippen molar-refractivity contribution < 1.29 is 42.1 Å². The highest BCUT2D eigenvalue weighted by molar-refractivity contribution is 7.45. The highest BCUT2D eigenvalue weighted by Gasteiger charge is 2.22. The molecule has 2 atom stereocenters. The lowest BCUT2D eigenvalue weighted by atomic mass is 10.0. The Kier molecular flexibility index (Phi) is 57.2. The number of phosphoric acid groups is 1. The molecular formula is C68H124NO8P. The zero-order chi connectivity index (χ0) is 57.0. The topological polar surface area (TPSA) is 111 Å². The van der Waals surface area contributed by atoms with Crippen LogP contribution < -0.4 is 4.89 Å². The van der Waals surface area contributed by atoms with E-state index in [2.05, 4.69) is 86.8 Å². The van der Waals surface area contributed by atoms with Gasteiger partial charge in [-0.05, 0) is 83.5 Å². The molecule has 0 heterocycles. The molecule has 0 aliphatic carbocycles. The van der Waals surface area contributed by atoms with Crippen LogP contribution in [0.25, 0.3) is 0 Å². The van der Waals surface area contributed by atoms with Crippen LogP contribution in [-0.2, 0) is 32.7 Å². The van der Waals surface area contributed by atoms with E-state index < -0.39 is 26.5 Å². The van der Waals surface area contributed by atoms with Gasteiger partial charge in [-0.2, -0.15) is 0 Å². The molecule has 454 valence electrons. The number of likely N-dealkylation sites (N-methyl/N-ethyl adjacent to an activating group) is 1. The Labute approximate surface area is 482 Å². The molecule has 0 aliphatic heterocycles. The highest BCUT2D eigenvalue weighted by Crippen LogP contribution is 2.38. The molecule has 0 aromatic rings. The maximum absolute atomic E-state index is 12.8. The lowest BCUT2D eigenvalue weighted by Gasteiger charge is -2.28. The fraction of sp³-hybridized carbons (Fsp3) is 0.794. The standard InChI is InChI=1S/C68H124NO8P/c1-6-8-10-12-14-16-18-20-22-24-26-28-30-32-33-34-35-37-38-40-42-44-46-48-50-52-54-56-58-60-67(70)74-64-66(65-76-78(72,73)75-63-62-69(3,4)5)77-68(71)61-59-57-55-53-51-49-47-45-43-41-39-36-31-29-27-25-23-21-19-17-15-13-11-9-7-2/h9,11,15,17-18,20-21,23-24,26-27,29,66H,6-8,10,12-14,16,19,22,25,28,30-65H2,1-5H3/b11-9-,17-15-,20-18-,23-21-,26-24-,29-27-. The van der Waals surface area contributed by atoms with Crippen molar-refractivity contribution in [3.8, 4) is 0 Å². The number of carbonyl (C=O) groups excluding carboxylic acids is 2. The Bertz CT molecular complexity index is 1550. The second-order valence-corrected chi connectivity index (χ2v) is 24.5. The third-order valence-corrected chi connectivity index (χ3v) is 15.2. The second kappa shape index (κ2) is 59.1. The smallest absolute Gasteiger partial charge is 0.306 e. The lowest BCUT2D eigenvalue weighted by Crippen LogP contribution is -2.37. The normalized spacial score (nSPS) is 13.7. The van der Waals surface area contributed by atoms with Crippen molar-refractivity contribution in [1.29, 1.82) is 0 Å². The number of quaternary nitrogens is 1. The number of allylic oxidation sites excluding steroid dienone is 12. The van der Waals surface area contributed by atoms with Crippen molar-refractivity contribution in [2.24, 2.45) is 0 Å². The molecule has 9 nitrogen and oxygen atoms in total. The quantitative estimate of drug-likeness (QED) is 0.0195. The Morgan fingerprint density at radius 1 is 0.410 bits per heavy atom. The van der Waals surface area contributed by atoms with Crippen molar-refractivity contribution in [2.45, 2.75) is 302 Å². The number of nitrogens with zero attached hydrogens (tertiary/aromatic N) is 1. The van der Waals surface area contributed by atoms with E-state index in [1.165, 1.54) is 193 Å². The van der Waals surface area contributed by atoms with Crippen LogP contribution in [0.2, 0.25) is 0 Å². The summed E-state index contributed by atoms with van der Waals surface area (Å²) in [5.74, 6) is -0.826. The number of carbonyl (C=O) groups is 2. The molecule has 0 saturated heterocycles. The van der Waals surface area contributed by atoms with Gasteiger partial charge in [0.15, 0.2) is 6.10 Å². The first-order chi connectivity index (χ1) is 38.0. The van der Waals surface area contributed by atoms with Gasteiger partial charge in [0, 0.05) is 12.8 Å². The molecular weight excluding hydrogens is 990 g/mol. The number of phosphoric ester groups is 1. The Hall–Kier alpha value is -2.55. The fourth-order valence-electron chi connectivity index (χ4n) is 9.21. The predicted octanol–water partition coefficient (Wildman–Crippen LogP) is 20.2. The third-order valence-electron chi connectivity index (χ3n) is 14.2. The first-order valence-electron chi connectivity index (χ1n) is 32.6. The second-order valence-electron chi connectivity index (χ2n) is 23.1. The van der Waals surface area contributed by atoms with Crippen LogP contribution in [0.15, 0.2) is 72.9 Å². The van der Waals surface area contributed by atoms with Gasteiger partial charge in [0.05, 0.1) is 27.7 Å². The molecule has 10 heteroatoms. The average Bonchev–Trinajstić information content (AvgIpc) is 3.40. The summed E-state index contributed by atoms with van der Waals surface area (Å²) in [5, 5.41) is 0. The molecule has 0 aromatic heterocycles. The van der Waals surface area contributed by atoms with E-state index >= 15 is 0 Å². The maximum Gasteiger partial charge on any atom is 0.306 e. The number of ether oxygens (including phenoxy) is 2. The first-order valence-corrected chi connectivity index (χ1v) is 34.1. The van der Waals surface area contributed by atoms with Crippen molar-refractivity contribution in [1.82, 2.24) is 0 Å². The molecule has 0 N–H and O–H groups in total. The van der Waals surface area contributed by atoms with Crippen LogP contribution in [0.1, 0.15) is 296 Å². The molecule has 0 radical (unpaired) electrons. The van der Waals surface area contributed by atoms with Crippen LogP contribution in [0.4, 0.5) is 0 Å². The summed E-state index contributed by atoms with van der Waals surface area (Å²) in [7, 11) is 1.17. The molecule has 2 unspecified atom stereocenters. The molecule has 0 bridgehead atoms. The molecule has 0 rings (SSSR count). The number of rotatable bonds is 60. The van der Waals surface area contributed by atoms with E-state index in [0.717, 1.165) is 70.6 Å². The zero-order valence-corrected chi connectivity index (χ0v) is 52.5. The molecule has 0 saturated carbocycles. The van der Waals surface area contributed by atoms with Gasteiger partial charge in [0.25, 0.3) is 7.82 Å². The number of hydrogen-bond donors (Lipinski definition) is 0. The largest absolute Gasteiger partial charge is 0.756 e. The van der Waals surface area contributed by atoms with Gasteiger partial charge in [-0.3, -0.25) is 14.2 Å². The third kappa shape index (κ3) is 62.6. The minimum Gasteiger partial charge on any atom is -0.756 e. The van der Waals surface area contributed by atoms with Crippen LogP contribution >= 0.6 is 7.82 Å². The fourth-order valence-corrected chi connectivity index (χ4v) is 9.94. The van der Waals surface area contributed by atoms with E-state index in [1.54, 1.807) is 0 Å². The van der Waals surface area contributed by atoms with Crippen LogP contribution in [0, 0.1) is 0 Å². The predicted molar refractivity (Wildman–Crippen MR) is 333 cm³/mol. The number of hydrogen-bond acceptors (Lipinski definition) is 8. The highest BCUT2D eigenvalue weighted by atomic mass is 31.2. The summed E-state index contributed by atoms with van der Waals surface area (Å²) in [6.07, 6.45) is 78.2. The van der Waals surface area contributed by atoms with Gasteiger partial charge in [0.2, 0.25) is 0 Å². The summed E-state index contributed by atoms with van der Waals surface area (Å²) in [6.45, 7) is 4.15. The van der Waals surface area contributed by atoms with Gasteiger partial charge in [-0.15, -0.1) is 0 Å². The molecule has 0 aliphatic rings.